The lowest BCUT2D eigenvalue weighted by Crippen LogP contribution is -2.06. The molecule has 0 radical (unpaired) electrons. The molecule has 0 aliphatic rings. The maximum atomic E-state index is 6.27. The first kappa shape index (κ1) is 15.8. The molecule has 0 amide bonds. The molecular formula is C17H21ClN2O. The number of nitrogens with two attached hydrogens (primary N) is 1. The molecule has 112 valence electrons. The second kappa shape index (κ2) is 6.46. The number of ether oxygens (including phenoxy) is 1. The molecule has 0 aliphatic carbocycles. The highest BCUT2D eigenvalue weighted by Crippen LogP contribution is 2.33. The zero-order valence-corrected chi connectivity index (χ0v) is 13.6. The standard InChI is InChI=1S/C17H21ClN2O/c1-10(2)14-8-17(11(3)7-15(14)18)21-13-5-6-16(12(4)19)20-9-13/h5-10,12H,19H2,1-4H3/t12-/m1/s1. The van der Waals surface area contributed by atoms with E-state index in [1.54, 1.807) is 6.20 Å². The molecule has 2 aromatic rings. The maximum Gasteiger partial charge on any atom is 0.145 e. The first-order valence-electron chi connectivity index (χ1n) is 7.08. The molecule has 1 aromatic heterocycles. The molecule has 0 spiro atoms. The fourth-order valence-electron chi connectivity index (χ4n) is 2.07. The molecule has 1 aromatic carbocycles. The van der Waals surface area contributed by atoms with Crippen molar-refractivity contribution in [2.24, 2.45) is 5.73 Å². The number of aryl methyl sites for hydroxylation is 1. The van der Waals surface area contributed by atoms with Crippen molar-refractivity contribution in [3.8, 4) is 11.5 Å². The topological polar surface area (TPSA) is 48.1 Å². The number of hydrogen-bond donors (Lipinski definition) is 1. The summed E-state index contributed by atoms with van der Waals surface area (Å²) in [5.41, 5.74) is 8.72. The fourth-order valence-corrected chi connectivity index (χ4v) is 2.51. The zero-order chi connectivity index (χ0) is 15.6. The number of rotatable bonds is 4. The summed E-state index contributed by atoms with van der Waals surface area (Å²) >= 11 is 6.27. The Labute approximate surface area is 131 Å². The lowest BCUT2D eigenvalue weighted by atomic mass is 10.0. The van der Waals surface area contributed by atoms with Crippen LogP contribution in [-0.2, 0) is 0 Å². The van der Waals surface area contributed by atoms with Gasteiger partial charge in [0.2, 0.25) is 0 Å². The lowest BCUT2D eigenvalue weighted by Gasteiger charge is -2.14. The van der Waals surface area contributed by atoms with Crippen LogP contribution in [0.3, 0.4) is 0 Å². The quantitative estimate of drug-likeness (QED) is 0.866. The summed E-state index contributed by atoms with van der Waals surface area (Å²) in [6.07, 6.45) is 1.70. The van der Waals surface area contributed by atoms with Crippen LogP contribution in [0.2, 0.25) is 5.02 Å². The van der Waals surface area contributed by atoms with Crippen LogP contribution in [0.1, 0.15) is 49.6 Å². The number of nitrogens with zero attached hydrogens (tertiary/aromatic N) is 1. The molecular weight excluding hydrogens is 284 g/mol. The van der Waals surface area contributed by atoms with Crippen molar-refractivity contribution in [3.05, 3.63) is 52.3 Å². The van der Waals surface area contributed by atoms with Crippen LogP contribution in [0.25, 0.3) is 0 Å². The van der Waals surface area contributed by atoms with Gasteiger partial charge in [0.25, 0.3) is 0 Å². The van der Waals surface area contributed by atoms with Crippen molar-refractivity contribution in [2.45, 2.75) is 39.7 Å². The number of pyridine rings is 1. The van der Waals surface area contributed by atoms with Gasteiger partial charge in [-0.3, -0.25) is 4.98 Å². The number of hydrogen-bond acceptors (Lipinski definition) is 3. The first-order valence-corrected chi connectivity index (χ1v) is 7.45. The van der Waals surface area contributed by atoms with Crippen LogP contribution in [0.15, 0.2) is 30.5 Å². The highest BCUT2D eigenvalue weighted by molar-refractivity contribution is 6.31. The number of aromatic nitrogens is 1. The van der Waals surface area contributed by atoms with Crippen molar-refractivity contribution in [2.75, 3.05) is 0 Å². The van der Waals surface area contributed by atoms with E-state index in [4.69, 9.17) is 22.1 Å². The minimum absolute atomic E-state index is 0.0798. The third kappa shape index (κ3) is 3.74. The van der Waals surface area contributed by atoms with Gasteiger partial charge in [0.05, 0.1) is 11.9 Å². The van der Waals surface area contributed by atoms with E-state index in [9.17, 15) is 0 Å². The first-order chi connectivity index (χ1) is 9.88. The Morgan fingerprint density at radius 3 is 2.43 bits per heavy atom. The molecule has 0 saturated carbocycles. The Morgan fingerprint density at radius 2 is 1.90 bits per heavy atom. The van der Waals surface area contributed by atoms with Crippen molar-refractivity contribution in [3.63, 3.8) is 0 Å². The van der Waals surface area contributed by atoms with Gasteiger partial charge < -0.3 is 10.5 Å². The smallest absolute Gasteiger partial charge is 0.145 e. The molecule has 3 nitrogen and oxygen atoms in total. The molecule has 1 heterocycles. The Kier molecular flexibility index (Phi) is 4.86. The third-order valence-corrected chi connectivity index (χ3v) is 3.70. The summed E-state index contributed by atoms with van der Waals surface area (Å²) in [6, 6.07) is 7.63. The van der Waals surface area contributed by atoms with E-state index in [0.29, 0.717) is 11.7 Å². The van der Waals surface area contributed by atoms with Gasteiger partial charge in [0, 0.05) is 11.1 Å². The maximum absolute atomic E-state index is 6.27. The van der Waals surface area contributed by atoms with E-state index >= 15 is 0 Å². The Morgan fingerprint density at radius 1 is 1.19 bits per heavy atom. The van der Waals surface area contributed by atoms with E-state index < -0.39 is 0 Å². The van der Waals surface area contributed by atoms with E-state index in [0.717, 1.165) is 27.6 Å². The predicted octanol–water partition coefficient (Wildman–Crippen LogP) is 4.98. The van der Waals surface area contributed by atoms with Crippen LogP contribution < -0.4 is 10.5 Å². The minimum Gasteiger partial charge on any atom is -0.455 e. The molecule has 1 atom stereocenters. The minimum atomic E-state index is -0.0798. The number of benzene rings is 1. The van der Waals surface area contributed by atoms with Gasteiger partial charge in [-0.25, -0.2) is 0 Å². The largest absolute Gasteiger partial charge is 0.455 e. The molecule has 0 unspecified atom stereocenters. The van der Waals surface area contributed by atoms with Crippen LogP contribution >= 0.6 is 11.6 Å². The Hall–Kier alpha value is -1.58. The van der Waals surface area contributed by atoms with Crippen LogP contribution in [0.5, 0.6) is 11.5 Å². The molecule has 0 fully saturated rings. The predicted molar refractivity (Wildman–Crippen MR) is 87.2 cm³/mol. The van der Waals surface area contributed by atoms with Crippen LogP contribution in [0.4, 0.5) is 0 Å². The normalized spacial score (nSPS) is 12.5. The van der Waals surface area contributed by atoms with E-state index in [1.807, 2.05) is 38.1 Å². The van der Waals surface area contributed by atoms with Crippen molar-refractivity contribution in [1.29, 1.82) is 0 Å². The summed E-state index contributed by atoms with van der Waals surface area (Å²) in [5.74, 6) is 1.84. The Bertz CT molecular complexity index is 621. The van der Waals surface area contributed by atoms with E-state index in [-0.39, 0.29) is 6.04 Å². The Balaban J connectivity index is 2.28. The average Bonchev–Trinajstić information content (AvgIpc) is 2.42. The van der Waals surface area contributed by atoms with Gasteiger partial charge in [-0.1, -0.05) is 25.4 Å². The van der Waals surface area contributed by atoms with Gasteiger partial charge in [-0.15, -0.1) is 0 Å². The molecule has 0 aliphatic heterocycles. The van der Waals surface area contributed by atoms with Gasteiger partial charge in [0.15, 0.2) is 0 Å². The molecule has 0 saturated heterocycles. The van der Waals surface area contributed by atoms with Gasteiger partial charge in [-0.05, 0) is 55.2 Å². The SMILES string of the molecule is Cc1cc(Cl)c(C(C)C)cc1Oc1ccc([C@@H](C)N)nc1. The van der Waals surface area contributed by atoms with Gasteiger partial charge in [0.1, 0.15) is 11.5 Å². The monoisotopic (exact) mass is 304 g/mol. The van der Waals surface area contributed by atoms with E-state index in [1.165, 1.54) is 0 Å². The van der Waals surface area contributed by atoms with Crippen LogP contribution in [-0.4, -0.2) is 4.98 Å². The summed E-state index contributed by atoms with van der Waals surface area (Å²) in [4.78, 5) is 4.30. The lowest BCUT2D eigenvalue weighted by molar-refractivity contribution is 0.474. The zero-order valence-electron chi connectivity index (χ0n) is 12.9. The fraction of sp³-hybridized carbons (Fsp3) is 0.353. The second-order valence-electron chi connectivity index (χ2n) is 5.60. The molecule has 2 rings (SSSR count). The molecule has 0 bridgehead atoms. The average molecular weight is 305 g/mol. The van der Waals surface area contributed by atoms with Gasteiger partial charge >= 0.3 is 0 Å². The van der Waals surface area contributed by atoms with Crippen molar-refractivity contribution >= 4 is 11.6 Å². The number of halogens is 1. The highest BCUT2D eigenvalue weighted by Gasteiger charge is 2.11. The van der Waals surface area contributed by atoms with Crippen molar-refractivity contribution < 1.29 is 4.74 Å². The molecule has 2 N–H and O–H groups in total. The highest BCUT2D eigenvalue weighted by atomic mass is 35.5. The molecule has 21 heavy (non-hydrogen) atoms. The summed E-state index contributed by atoms with van der Waals surface area (Å²) in [6.45, 7) is 8.11. The van der Waals surface area contributed by atoms with Crippen molar-refractivity contribution in [1.82, 2.24) is 4.98 Å². The summed E-state index contributed by atoms with van der Waals surface area (Å²) in [5, 5.41) is 0.778. The molecule has 4 heteroatoms. The van der Waals surface area contributed by atoms with E-state index in [2.05, 4.69) is 18.8 Å². The summed E-state index contributed by atoms with van der Waals surface area (Å²) < 4.78 is 5.93. The summed E-state index contributed by atoms with van der Waals surface area (Å²) in [7, 11) is 0. The third-order valence-electron chi connectivity index (χ3n) is 3.37. The van der Waals surface area contributed by atoms with Gasteiger partial charge in [-0.2, -0.15) is 0 Å². The second-order valence-corrected chi connectivity index (χ2v) is 6.01. The van der Waals surface area contributed by atoms with Crippen LogP contribution in [0, 0.1) is 6.92 Å².